The van der Waals surface area contributed by atoms with Crippen LogP contribution in [-0.4, -0.2) is 54.3 Å². The molecule has 2 aromatic rings. The van der Waals surface area contributed by atoms with Crippen LogP contribution >= 0.6 is 11.8 Å². The van der Waals surface area contributed by atoms with Gasteiger partial charge in [-0.2, -0.15) is 0 Å². The molecule has 0 amide bonds. The van der Waals surface area contributed by atoms with Crippen molar-refractivity contribution in [1.82, 2.24) is 4.90 Å². The fraction of sp³-hybridized carbons (Fsp3) is 0.300. The Bertz CT molecular complexity index is 734. The van der Waals surface area contributed by atoms with Crippen molar-refractivity contribution in [2.75, 3.05) is 21.2 Å². The highest BCUT2D eigenvalue weighted by molar-refractivity contribution is 7.99. The number of nitrogens with zero attached hydrogens (tertiary/aromatic N) is 1. The summed E-state index contributed by atoms with van der Waals surface area (Å²) in [5, 5.41) is 14.8. The lowest BCUT2D eigenvalue weighted by atomic mass is 10.1. The molecule has 1 unspecified atom stereocenters. The molecule has 2 N–H and O–H groups in total. The van der Waals surface area contributed by atoms with E-state index in [0.717, 1.165) is 12.2 Å². The van der Waals surface area contributed by atoms with Crippen LogP contribution in [0.3, 0.4) is 0 Å². The maximum Gasteiger partial charge on any atom is 0.414 e. The van der Waals surface area contributed by atoms with Gasteiger partial charge in [0, 0.05) is 15.8 Å². The monoisotopic (exact) mass is 391 g/mol. The van der Waals surface area contributed by atoms with Crippen LogP contribution in [0.1, 0.15) is 12.5 Å². The fourth-order valence-electron chi connectivity index (χ4n) is 2.04. The molecule has 1 atom stereocenters. The second-order valence-electron chi connectivity index (χ2n) is 6.01. The molecule has 0 saturated heterocycles. The van der Waals surface area contributed by atoms with Gasteiger partial charge in [-0.05, 0) is 63.3 Å². The van der Waals surface area contributed by atoms with E-state index >= 15 is 0 Å². The van der Waals surface area contributed by atoms with Gasteiger partial charge in [0.1, 0.15) is 5.75 Å². The van der Waals surface area contributed by atoms with Crippen LogP contribution in [0.2, 0.25) is 0 Å². The van der Waals surface area contributed by atoms with Gasteiger partial charge >= 0.3 is 11.9 Å². The SMILES string of the molecule is COc1ccc(Sc2ccccc2CC(C)N(C)C)cc1.O=C(O)C(=O)O. The van der Waals surface area contributed by atoms with Gasteiger partial charge in [-0.3, -0.25) is 0 Å². The van der Waals surface area contributed by atoms with Crippen LogP contribution in [0.25, 0.3) is 0 Å². The molecule has 0 aliphatic carbocycles. The predicted octanol–water partition coefficient (Wildman–Crippen LogP) is 3.49. The number of rotatable bonds is 6. The maximum atomic E-state index is 9.10. The predicted molar refractivity (Wildman–Crippen MR) is 106 cm³/mol. The molecule has 0 bridgehead atoms. The van der Waals surface area contributed by atoms with E-state index in [0.29, 0.717) is 6.04 Å². The highest BCUT2D eigenvalue weighted by atomic mass is 32.2. The number of aliphatic carboxylic acids is 2. The minimum atomic E-state index is -1.82. The van der Waals surface area contributed by atoms with Crippen molar-refractivity contribution < 1.29 is 24.5 Å². The minimum Gasteiger partial charge on any atom is -0.497 e. The topological polar surface area (TPSA) is 87.1 Å². The normalized spacial score (nSPS) is 11.3. The Hall–Kier alpha value is -2.51. The summed E-state index contributed by atoms with van der Waals surface area (Å²) >= 11 is 1.81. The van der Waals surface area contributed by atoms with Crippen molar-refractivity contribution in [2.45, 2.75) is 29.2 Å². The van der Waals surface area contributed by atoms with E-state index < -0.39 is 11.9 Å². The molecule has 146 valence electrons. The molecule has 6 nitrogen and oxygen atoms in total. The van der Waals surface area contributed by atoms with E-state index in [-0.39, 0.29) is 0 Å². The first kappa shape index (κ1) is 22.5. The lowest BCUT2D eigenvalue weighted by Crippen LogP contribution is -2.26. The summed E-state index contributed by atoms with van der Waals surface area (Å²) in [5.74, 6) is -2.75. The van der Waals surface area contributed by atoms with Gasteiger partial charge in [-0.15, -0.1) is 0 Å². The van der Waals surface area contributed by atoms with Crippen molar-refractivity contribution in [3.63, 3.8) is 0 Å². The van der Waals surface area contributed by atoms with E-state index in [1.165, 1.54) is 15.4 Å². The van der Waals surface area contributed by atoms with Crippen LogP contribution in [0, 0.1) is 0 Å². The molecule has 2 aromatic carbocycles. The molecule has 0 spiro atoms. The quantitative estimate of drug-likeness (QED) is 0.729. The number of hydrogen-bond acceptors (Lipinski definition) is 5. The fourth-order valence-corrected chi connectivity index (χ4v) is 3.00. The highest BCUT2D eigenvalue weighted by Crippen LogP contribution is 2.32. The summed E-state index contributed by atoms with van der Waals surface area (Å²) in [5.41, 5.74) is 1.40. The van der Waals surface area contributed by atoms with Gasteiger partial charge in [0.25, 0.3) is 0 Å². The van der Waals surface area contributed by atoms with Crippen molar-refractivity contribution in [3.8, 4) is 5.75 Å². The van der Waals surface area contributed by atoms with E-state index in [2.05, 4.69) is 62.3 Å². The zero-order chi connectivity index (χ0) is 20.4. The van der Waals surface area contributed by atoms with Crippen molar-refractivity contribution in [3.05, 3.63) is 54.1 Å². The van der Waals surface area contributed by atoms with Crippen molar-refractivity contribution >= 4 is 23.7 Å². The smallest absolute Gasteiger partial charge is 0.414 e. The summed E-state index contributed by atoms with van der Waals surface area (Å²) in [7, 11) is 5.95. The summed E-state index contributed by atoms with van der Waals surface area (Å²) in [6.07, 6.45) is 1.06. The molecule has 2 rings (SSSR count). The number of hydrogen-bond donors (Lipinski definition) is 2. The highest BCUT2D eigenvalue weighted by Gasteiger charge is 2.10. The number of ether oxygens (including phenoxy) is 1. The summed E-state index contributed by atoms with van der Waals surface area (Å²) in [6.45, 7) is 2.26. The summed E-state index contributed by atoms with van der Waals surface area (Å²) < 4.78 is 5.21. The number of methoxy groups -OCH3 is 1. The molecule has 0 fully saturated rings. The van der Waals surface area contributed by atoms with Crippen molar-refractivity contribution in [1.29, 1.82) is 0 Å². The largest absolute Gasteiger partial charge is 0.497 e. The average Bonchev–Trinajstić information content (AvgIpc) is 2.64. The molecule has 27 heavy (non-hydrogen) atoms. The third-order valence-electron chi connectivity index (χ3n) is 3.84. The van der Waals surface area contributed by atoms with Crippen LogP contribution in [0.4, 0.5) is 0 Å². The second-order valence-corrected chi connectivity index (χ2v) is 7.13. The summed E-state index contributed by atoms with van der Waals surface area (Å²) in [4.78, 5) is 23.0. The van der Waals surface area contributed by atoms with Crippen LogP contribution < -0.4 is 4.74 Å². The van der Waals surface area contributed by atoms with E-state index in [4.69, 9.17) is 24.5 Å². The molecular formula is C20H25NO5S. The number of carbonyl (C=O) groups is 2. The standard InChI is InChI=1S/C18H23NOS.C2H2O4/c1-14(19(2)3)13-15-7-5-6-8-18(15)21-17-11-9-16(20-4)10-12-17;3-1(4)2(5)6/h5-12,14H,13H2,1-4H3;(H,3,4)(H,5,6). The Morgan fingerprint density at radius 3 is 2.07 bits per heavy atom. The Labute approximate surface area is 163 Å². The lowest BCUT2D eigenvalue weighted by molar-refractivity contribution is -0.159. The number of benzene rings is 2. The second kappa shape index (κ2) is 11.3. The van der Waals surface area contributed by atoms with E-state index in [1.54, 1.807) is 7.11 Å². The molecular weight excluding hydrogens is 366 g/mol. The number of carboxylic acid groups (broad SMARTS) is 2. The molecule has 0 aromatic heterocycles. The van der Waals surface area contributed by atoms with E-state index in [9.17, 15) is 0 Å². The van der Waals surface area contributed by atoms with Gasteiger partial charge in [0.05, 0.1) is 7.11 Å². The van der Waals surface area contributed by atoms with Gasteiger partial charge in [-0.1, -0.05) is 30.0 Å². The van der Waals surface area contributed by atoms with Gasteiger partial charge in [0.15, 0.2) is 0 Å². The Balaban J connectivity index is 0.000000527. The third kappa shape index (κ3) is 8.15. The van der Waals surface area contributed by atoms with Gasteiger partial charge in [-0.25, -0.2) is 9.59 Å². The first-order valence-electron chi connectivity index (χ1n) is 8.27. The first-order chi connectivity index (χ1) is 12.7. The zero-order valence-corrected chi connectivity index (χ0v) is 16.7. The number of likely N-dealkylation sites (N-methyl/N-ethyl adjacent to an activating group) is 1. The van der Waals surface area contributed by atoms with E-state index in [1.807, 2.05) is 23.9 Å². The molecule has 0 saturated carbocycles. The molecule has 0 aliphatic rings. The van der Waals surface area contributed by atoms with Crippen LogP contribution in [0.5, 0.6) is 5.75 Å². The lowest BCUT2D eigenvalue weighted by Gasteiger charge is -2.21. The maximum absolute atomic E-state index is 9.10. The third-order valence-corrected chi connectivity index (χ3v) is 4.97. The minimum absolute atomic E-state index is 0.530. The molecule has 7 heteroatoms. The van der Waals surface area contributed by atoms with Crippen LogP contribution in [-0.2, 0) is 16.0 Å². The zero-order valence-electron chi connectivity index (χ0n) is 15.9. The average molecular weight is 391 g/mol. The first-order valence-corrected chi connectivity index (χ1v) is 9.08. The molecule has 0 aliphatic heterocycles. The Morgan fingerprint density at radius 1 is 1.04 bits per heavy atom. The Morgan fingerprint density at radius 2 is 1.59 bits per heavy atom. The van der Waals surface area contributed by atoms with Crippen molar-refractivity contribution in [2.24, 2.45) is 0 Å². The molecule has 0 heterocycles. The number of carboxylic acids is 2. The Kier molecular flexibility index (Phi) is 9.39. The summed E-state index contributed by atoms with van der Waals surface area (Å²) in [6, 6.07) is 17.4. The van der Waals surface area contributed by atoms with Crippen LogP contribution in [0.15, 0.2) is 58.3 Å². The van der Waals surface area contributed by atoms with Gasteiger partial charge < -0.3 is 19.8 Å². The molecule has 0 radical (unpaired) electrons. The van der Waals surface area contributed by atoms with Gasteiger partial charge in [0.2, 0.25) is 0 Å².